The van der Waals surface area contributed by atoms with Crippen LogP contribution in [0.1, 0.15) is 37.2 Å². The summed E-state index contributed by atoms with van der Waals surface area (Å²) in [6.07, 6.45) is 3.45. The van der Waals surface area contributed by atoms with Gasteiger partial charge >= 0.3 is 0 Å². The quantitative estimate of drug-likeness (QED) is 0.907. The molecule has 2 aliphatic carbocycles. The van der Waals surface area contributed by atoms with Crippen molar-refractivity contribution in [1.82, 2.24) is 10.2 Å². The van der Waals surface area contributed by atoms with Crippen LogP contribution in [0.25, 0.3) is 0 Å². The molecule has 2 heterocycles. The number of amides is 1. The van der Waals surface area contributed by atoms with Crippen LogP contribution in [0.15, 0.2) is 17.5 Å². The van der Waals surface area contributed by atoms with Gasteiger partial charge in [-0.05, 0) is 42.5 Å². The van der Waals surface area contributed by atoms with Crippen LogP contribution < -0.4 is 5.32 Å². The molecule has 0 aromatic carbocycles. The summed E-state index contributed by atoms with van der Waals surface area (Å²) in [5.41, 5.74) is -0.188. The fraction of sp³-hybridized carbons (Fsp3) is 0.643. The molecule has 0 bridgehead atoms. The van der Waals surface area contributed by atoms with E-state index < -0.39 is 0 Å². The molecule has 1 amide bonds. The molecule has 1 aromatic heterocycles. The Kier molecular flexibility index (Phi) is 2.19. The Morgan fingerprint density at radius 2 is 2.33 bits per heavy atom. The molecule has 0 radical (unpaired) electrons. The minimum absolute atomic E-state index is 0.132. The summed E-state index contributed by atoms with van der Waals surface area (Å²) >= 11 is 1.75. The molecule has 1 saturated heterocycles. The maximum atomic E-state index is 12.5. The van der Waals surface area contributed by atoms with Crippen molar-refractivity contribution in [1.29, 1.82) is 0 Å². The van der Waals surface area contributed by atoms with Crippen molar-refractivity contribution in [2.75, 3.05) is 6.54 Å². The topological polar surface area (TPSA) is 32.3 Å². The average molecular weight is 262 g/mol. The van der Waals surface area contributed by atoms with E-state index in [9.17, 15) is 4.79 Å². The van der Waals surface area contributed by atoms with Crippen LogP contribution >= 0.6 is 11.3 Å². The summed E-state index contributed by atoms with van der Waals surface area (Å²) in [7, 11) is 0. The molecule has 96 valence electrons. The average Bonchev–Trinajstić information content (AvgIpc) is 3.17. The molecule has 3 nitrogen and oxygen atoms in total. The largest absolute Gasteiger partial charge is 0.320 e. The first-order chi connectivity index (χ1) is 8.70. The van der Waals surface area contributed by atoms with Crippen LogP contribution in [0.4, 0.5) is 0 Å². The molecule has 1 spiro atoms. The van der Waals surface area contributed by atoms with E-state index in [1.54, 1.807) is 11.3 Å². The molecule has 1 N–H and O–H groups in total. The van der Waals surface area contributed by atoms with Gasteiger partial charge < -0.3 is 4.90 Å². The molecule has 3 atom stereocenters. The molecule has 18 heavy (non-hydrogen) atoms. The molecule has 2 saturated carbocycles. The molecule has 3 unspecified atom stereocenters. The predicted octanol–water partition coefficient (Wildman–Crippen LogP) is 2.37. The lowest BCUT2D eigenvalue weighted by atomic mass is 10.2. The smallest absolute Gasteiger partial charge is 0.244 e. The molecular formula is C14H18N2OS. The summed E-state index contributed by atoms with van der Waals surface area (Å²) in [6, 6.07) is 4.21. The highest BCUT2D eigenvalue weighted by Gasteiger charge is 2.60. The maximum Gasteiger partial charge on any atom is 0.244 e. The standard InChI is InChI=1S/C14H18N2OS/c1-9-7-10(9)8-16-12(11-3-2-6-18-11)15-14(4-5-14)13(16)17/h2-3,6,9-10,12,15H,4-5,7-8H2,1H3. The van der Waals surface area contributed by atoms with Gasteiger partial charge in [0.25, 0.3) is 0 Å². The Bertz CT molecular complexity index is 480. The Morgan fingerprint density at radius 1 is 1.56 bits per heavy atom. The highest BCUT2D eigenvalue weighted by molar-refractivity contribution is 7.10. The lowest BCUT2D eigenvalue weighted by Gasteiger charge is -2.23. The number of hydrogen-bond acceptors (Lipinski definition) is 3. The summed E-state index contributed by atoms with van der Waals surface area (Å²) in [5.74, 6) is 1.88. The van der Waals surface area contributed by atoms with Crippen LogP contribution in [0, 0.1) is 11.8 Å². The Hall–Kier alpha value is -0.870. The van der Waals surface area contributed by atoms with E-state index in [-0.39, 0.29) is 11.7 Å². The summed E-state index contributed by atoms with van der Waals surface area (Å²) in [4.78, 5) is 15.9. The predicted molar refractivity (Wildman–Crippen MR) is 71.1 cm³/mol. The van der Waals surface area contributed by atoms with Gasteiger partial charge in [-0.15, -0.1) is 11.3 Å². The zero-order valence-electron chi connectivity index (χ0n) is 10.6. The van der Waals surface area contributed by atoms with E-state index >= 15 is 0 Å². The monoisotopic (exact) mass is 262 g/mol. The second kappa shape index (κ2) is 3.58. The van der Waals surface area contributed by atoms with Crippen molar-refractivity contribution < 1.29 is 4.79 Å². The van der Waals surface area contributed by atoms with Crippen LogP contribution in [-0.2, 0) is 4.79 Å². The van der Waals surface area contributed by atoms with Gasteiger partial charge in [0, 0.05) is 11.4 Å². The second-order valence-corrected chi connectivity index (χ2v) is 7.05. The first kappa shape index (κ1) is 11.0. The minimum Gasteiger partial charge on any atom is -0.320 e. The highest BCUT2D eigenvalue weighted by atomic mass is 32.1. The number of thiophene rings is 1. The van der Waals surface area contributed by atoms with Crippen LogP contribution in [0.5, 0.6) is 0 Å². The van der Waals surface area contributed by atoms with Gasteiger partial charge in [-0.3, -0.25) is 10.1 Å². The summed E-state index contributed by atoms with van der Waals surface area (Å²) in [5, 5.41) is 5.67. The molecule has 1 aliphatic heterocycles. The maximum absolute atomic E-state index is 12.5. The third kappa shape index (κ3) is 1.55. The van der Waals surface area contributed by atoms with Crippen molar-refractivity contribution in [3.05, 3.63) is 22.4 Å². The molecule has 1 aromatic rings. The minimum atomic E-state index is -0.188. The first-order valence-corrected chi connectivity index (χ1v) is 7.70. The lowest BCUT2D eigenvalue weighted by Crippen LogP contribution is -2.33. The van der Waals surface area contributed by atoms with Gasteiger partial charge in [-0.25, -0.2) is 0 Å². The van der Waals surface area contributed by atoms with E-state index in [2.05, 4.69) is 34.7 Å². The van der Waals surface area contributed by atoms with Gasteiger partial charge in [0.2, 0.25) is 5.91 Å². The van der Waals surface area contributed by atoms with E-state index in [1.807, 2.05) is 0 Å². The number of nitrogens with one attached hydrogen (secondary N) is 1. The van der Waals surface area contributed by atoms with E-state index in [0.717, 1.165) is 31.2 Å². The number of hydrogen-bond donors (Lipinski definition) is 1. The zero-order valence-corrected chi connectivity index (χ0v) is 11.4. The third-order valence-corrected chi connectivity index (χ3v) is 5.59. The van der Waals surface area contributed by atoms with Crippen molar-refractivity contribution in [3.8, 4) is 0 Å². The second-order valence-electron chi connectivity index (χ2n) is 6.07. The summed E-state index contributed by atoms with van der Waals surface area (Å²) in [6.45, 7) is 3.23. The Balaban J connectivity index is 1.61. The molecule has 3 fully saturated rings. The summed E-state index contributed by atoms with van der Waals surface area (Å²) < 4.78 is 0. The van der Waals surface area contributed by atoms with Crippen LogP contribution in [-0.4, -0.2) is 22.9 Å². The van der Waals surface area contributed by atoms with Crippen molar-refractivity contribution in [3.63, 3.8) is 0 Å². The number of carbonyl (C=O) groups excluding carboxylic acids is 1. The van der Waals surface area contributed by atoms with Gasteiger partial charge in [0.1, 0.15) is 11.7 Å². The van der Waals surface area contributed by atoms with Crippen LogP contribution in [0.3, 0.4) is 0 Å². The normalized spacial score (nSPS) is 36.4. The van der Waals surface area contributed by atoms with Gasteiger partial charge in [0.05, 0.1) is 0 Å². The Morgan fingerprint density at radius 3 is 2.89 bits per heavy atom. The lowest BCUT2D eigenvalue weighted by molar-refractivity contribution is -0.131. The van der Waals surface area contributed by atoms with Gasteiger partial charge in [-0.1, -0.05) is 13.0 Å². The molecule has 4 heteroatoms. The van der Waals surface area contributed by atoms with E-state index in [1.165, 1.54) is 11.3 Å². The first-order valence-electron chi connectivity index (χ1n) is 6.82. The third-order valence-electron chi connectivity index (χ3n) is 4.66. The Labute approximate surface area is 111 Å². The SMILES string of the molecule is CC1CC1CN1C(=O)C2(CC2)NC1c1cccs1. The number of nitrogens with zero attached hydrogens (tertiary/aromatic N) is 1. The fourth-order valence-corrected chi connectivity index (χ4v) is 3.83. The van der Waals surface area contributed by atoms with Crippen LogP contribution in [0.2, 0.25) is 0 Å². The fourth-order valence-electron chi connectivity index (χ4n) is 3.04. The van der Waals surface area contributed by atoms with Crippen molar-refractivity contribution in [2.45, 2.75) is 37.9 Å². The molecule has 3 aliphatic rings. The van der Waals surface area contributed by atoms with Crippen molar-refractivity contribution >= 4 is 17.2 Å². The van der Waals surface area contributed by atoms with Gasteiger partial charge in [-0.2, -0.15) is 0 Å². The highest BCUT2D eigenvalue weighted by Crippen LogP contribution is 2.48. The van der Waals surface area contributed by atoms with E-state index in [0.29, 0.717) is 5.91 Å². The van der Waals surface area contributed by atoms with Crippen molar-refractivity contribution in [2.24, 2.45) is 11.8 Å². The van der Waals surface area contributed by atoms with E-state index in [4.69, 9.17) is 0 Å². The molecular weight excluding hydrogens is 244 g/mol. The number of rotatable bonds is 3. The molecule has 4 rings (SSSR count). The number of carbonyl (C=O) groups is 1. The van der Waals surface area contributed by atoms with Gasteiger partial charge in [0.15, 0.2) is 0 Å². The zero-order chi connectivity index (χ0) is 12.3.